The van der Waals surface area contributed by atoms with Gasteiger partial charge < -0.3 is 9.80 Å². The van der Waals surface area contributed by atoms with Crippen LogP contribution in [0.25, 0.3) is 0 Å². The summed E-state index contributed by atoms with van der Waals surface area (Å²) in [6.07, 6.45) is 1.86. The van der Waals surface area contributed by atoms with Crippen molar-refractivity contribution in [3.63, 3.8) is 0 Å². The van der Waals surface area contributed by atoms with Crippen LogP contribution < -0.4 is 4.90 Å². The van der Waals surface area contributed by atoms with Gasteiger partial charge in [-0.3, -0.25) is 9.59 Å². The van der Waals surface area contributed by atoms with Crippen LogP contribution in [0.4, 0.5) is 5.69 Å². The Bertz CT molecular complexity index is 671. The smallest absolute Gasteiger partial charge is 0.236 e. The van der Waals surface area contributed by atoms with Crippen LogP contribution in [-0.4, -0.2) is 30.3 Å². The molecule has 2 aromatic rings. The van der Waals surface area contributed by atoms with E-state index in [-0.39, 0.29) is 18.2 Å². The molecule has 4 heteroatoms. The van der Waals surface area contributed by atoms with E-state index in [1.807, 2.05) is 60.7 Å². The second kappa shape index (κ2) is 9.62. The van der Waals surface area contributed by atoms with Gasteiger partial charge in [-0.1, -0.05) is 61.9 Å². The molecule has 2 amide bonds. The predicted octanol–water partition coefficient (Wildman–Crippen LogP) is 3.87. The highest BCUT2D eigenvalue weighted by molar-refractivity contribution is 6.04. The quantitative estimate of drug-likeness (QED) is 0.686. The minimum Gasteiger partial charge on any atom is -0.345 e. The van der Waals surface area contributed by atoms with Crippen LogP contribution in [0.2, 0.25) is 0 Å². The highest BCUT2D eigenvalue weighted by Crippen LogP contribution is 2.18. The van der Waals surface area contributed by atoms with Gasteiger partial charge in [0.15, 0.2) is 0 Å². The van der Waals surface area contributed by atoms with Crippen molar-refractivity contribution in [2.24, 2.45) is 0 Å². The summed E-state index contributed by atoms with van der Waals surface area (Å²) in [5.74, 6) is -0.309. The molecule has 0 saturated heterocycles. The number of hydrogen-bond acceptors (Lipinski definition) is 2. The number of anilines is 1. The Morgan fingerprint density at radius 1 is 0.880 bits per heavy atom. The van der Waals surface area contributed by atoms with Gasteiger partial charge in [-0.25, -0.2) is 0 Å². The van der Waals surface area contributed by atoms with Crippen molar-refractivity contribution in [2.45, 2.75) is 32.7 Å². The van der Waals surface area contributed by atoms with Gasteiger partial charge >= 0.3 is 0 Å². The van der Waals surface area contributed by atoms with E-state index in [1.165, 1.54) is 0 Å². The maximum absolute atomic E-state index is 12.8. The summed E-state index contributed by atoms with van der Waals surface area (Å²) in [5.41, 5.74) is 1.84. The lowest BCUT2D eigenvalue weighted by molar-refractivity contribution is -0.134. The molecule has 2 rings (SSSR count). The summed E-state index contributed by atoms with van der Waals surface area (Å²) in [6, 6.07) is 19.3. The second-order valence-electron chi connectivity index (χ2n) is 6.15. The number of para-hydroxylation sites is 1. The zero-order valence-electron chi connectivity index (χ0n) is 15.0. The number of hydrogen-bond donors (Lipinski definition) is 0. The third-order valence-electron chi connectivity index (χ3n) is 4.13. The van der Waals surface area contributed by atoms with Crippen molar-refractivity contribution < 1.29 is 9.59 Å². The standard InChI is InChI=1S/C21H26N2O2/c1-3-4-15-22(2)20(24)16-21(25)23(19-13-9-6-10-14-19)17-18-11-7-5-8-12-18/h5-14H,3-4,15-17H2,1-2H3. The summed E-state index contributed by atoms with van der Waals surface area (Å²) in [4.78, 5) is 28.5. The molecular weight excluding hydrogens is 312 g/mol. The fourth-order valence-corrected chi connectivity index (χ4v) is 2.58. The van der Waals surface area contributed by atoms with Gasteiger partial charge in [-0.2, -0.15) is 0 Å². The van der Waals surface area contributed by atoms with Gasteiger partial charge in [0, 0.05) is 19.3 Å². The van der Waals surface area contributed by atoms with Gasteiger partial charge in [0.05, 0.1) is 6.54 Å². The summed E-state index contributed by atoms with van der Waals surface area (Å²) in [6.45, 7) is 3.22. The van der Waals surface area contributed by atoms with E-state index in [0.717, 1.165) is 24.1 Å². The van der Waals surface area contributed by atoms with E-state index in [9.17, 15) is 9.59 Å². The molecule has 4 nitrogen and oxygen atoms in total. The number of benzene rings is 2. The van der Waals surface area contributed by atoms with Crippen LogP contribution in [-0.2, 0) is 16.1 Å². The second-order valence-corrected chi connectivity index (χ2v) is 6.15. The molecule has 0 spiro atoms. The summed E-state index contributed by atoms with van der Waals surface area (Å²) in [5, 5.41) is 0. The Morgan fingerprint density at radius 2 is 1.48 bits per heavy atom. The van der Waals surface area contributed by atoms with E-state index in [2.05, 4.69) is 6.92 Å². The number of carbonyl (C=O) groups is 2. The van der Waals surface area contributed by atoms with Crippen LogP contribution >= 0.6 is 0 Å². The molecule has 0 N–H and O–H groups in total. The summed E-state index contributed by atoms with van der Waals surface area (Å²) >= 11 is 0. The first kappa shape index (κ1) is 18.7. The molecule has 0 aliphatic carbocycles. The largest absolute Gasteiger partial charge is 0.345 e. The molecule has 0 bridgehead atoms. The van der Waals surface area contributed by atoms with Crippen LogP contribution in [0.3, 0.4) is 0 Å². The Hall–Kier alpha value is -2.62. The van der Waals surface area contributed by atoms with Crippen molar-refractivity contribution >= 4 is 17.5 Å². The molecule has 0 aliphatic rings. The van der Waals surface area contributed by atoms with Crippen LogP contribution in [0.15, 0.2) is 60.7 Å². The van der Waals surface area contributed by atoms with Gasteiger partial charge in [-0.15, -0.1) is 0 Å². The number of carbonyl (C=O) groups excluding carboxylic acids is 2. The highest BCUT2D eigenvalue weighted by atomic mass is 16.2. The van der Waals surface area contributed by atoms with Crippen molar-refractivity contribution in [1.29, 1.82) is 0 Å². The molecule has 2 aromatic carbocycles. The molecule has 0 saturated carbocycles. The molecule has 0 aromatic heterocycles. The molecule has 0 aliphatic heterocycles. The average Bonchev–Trinajstić information content (AvgIpc) is 2.65. The van der Waals surface area contributed by atoms with Gasteiger partial charge in [0.25, 0.3) is 0 Å². The van der Waals surface area contributed by atoms with E-state index < -0.39 is 0 Å². The SMILES string of the molecule is CCCCN(C)C(=O)CC(=O)N(Cc1ccccc1)c1ccccc1. The molecule has 132 valence electrons. The van der Waals surface area contributed by atoms with E-state index >= 15 is 0 Å². The van der Waals surface area contributed by atoms with E-state index in [0.29, 0.717) is 13.1 Å². The molecule has 0 unspecified atom stereocenters. The van der Waals surface area contributed by atoms with Crippen molar-refractivity contribution in [2.75, 3.05) is 18.5 Å². The highest BCUT2D eigenvalue weighted by Gasteiger charge is 2.21. The lowest BCUT2D eigenvalue weighted by Gasteiger charge is -2.24. The fraction of sp³-hybridized carbons (Fsp3) is 0.333. The zero-order chi connectivity index (χ0) is 18.1. The lowest BCUT2D eigenvalue weighted by atomic mass is 10.1. The third-order valence-corrected chi connectivity index (χ3v) is 4.13. The van der Waals surface area contributed by atoms with Crippen molar-refractivity contribution in [3.8, 4) is 0 Å². The zero-order valence-corrected chi connectivity index (χ0v) is 15.0. The van der Waals surface area contributed by atoms with Crippen LogP contribution in [0.5, 0.6) is 0 Å². The minimum atomic E-state index is -0.177. The monoisotopic (exact) mass is 338 g/mol. The van der Waals surface area contributed by atoms with E-state index in [4.69, 9.17) is 0 Å². The first-order valence-corrected chi connectivity index (χ1v) is 8.75. The number of rotatable bonds is 8. The maximum atomic E-state index is 12.8. The predicted molar refractivity (Wildman–Crippen MR) is 101 cm³/mol. The first-order chi connectivity index (χ1) is 12.1. The topological polar surface area (TPSA) is 40.6 Å². The third kappa shape index (κ3) is 5.75. The van der Waals surface area contributed by atoms with Crippen molar-refractivity contribution in [3.05, 3.63) is 66.2 Å². The minimum absolute atomic E-state index is 0.109. The maximum Gasteiger partial charge on any atom is 0.236 e. The van der Waals surface area contributed by atoms with Crippen molar-refractivity contribution in [1.82, 2.24) is 4.90 Å². The Morgan fingerprint density at radius 3 is 2.08 bits per heavy atom. The Balaban J connectivity index is 2.12. The summed E-state index contributed by atoms with van der Waals surface area (Å²) < 4.78 is 0. The van der Waals surface area contributed by atoms with Gasteiger partial charge in [0.1, 0.15) is 6.42 Å². The average molecular weight is 338 g/mol. The molecule has 0 atom stereocenters. The van der Waals surface area contributed by atoms with E-state index in [1.54, 1.807) is 16.8 Å². The molecule has 25 heavy (non-hydrogen) atoms. The normalized spacial score (nSPS) is 10.3. The van der Waals surface area contributed by atoms with Gasteiger partial charge in [0.2, 0.25) is 11.8 Å². The fourth-order valence-electron chi connectivity index (χ4n) is 2.58. The first-order valence-electron chi connectivity index (χ1n) is 8.75. The number of amides is 2. The summed E-state index contributed by atoms with van der Waals surface area (Å²) in [7, 11) is 1.76. The van der Waals surface area contributed by atoms with Gasteiger partial charge in [-0.05, 0) is 24.1 Å². The molecular formula is C21H26N2O2. The van der Waals surface area contributed by atoms with Crippen LogP contribution in [0, 0.1) is 0 Å². The lowest BCUT2D eigenvalue weighted by Crippen LogP contribution is -2.36. The number of nitrogens with zero attached hydrogens (tertiary/aromatic N) is 2. The molecule has 0 radical (unpaired) electrons. The molecule has 0 fully saturated rings. The van der Waals surface area contributed by atoms with Crippen LogP contribution in [0.1, 0.15) is 31.7 Å². The molecule has 0 heterocycles. The number of unbranched alkanes of at least 4 members (excludes halogenated alkanes) is 1. The Labute approximate surface area is 150 Å². The Kier molecular flexibility index (Phi) is 7.20.